The Morgan fingerprint density at radius 3 is 2.33 bits per heavy atom. The van der Waals surface area contributed by atoms with Crippen LogP contribution in [0.3, 0.4) is 0 Å². The Morgan fingerprint density at radius 1 is 0.952 bits per heavy atom. The predicted octanol–water partition coefficient (Wildman–Crippen LogP) is 3.89. The highest BCUT2D eigenvalue weighted by molar-refractivity contribution is 5.98. The van der Waals surface area contributed by atoms with Crippen LogP contribution in [0, 0.1) is 6.92 Å². The molecule has 0 saturated heterocycles. The molecule has 0 N–H and O–H groups in total. The van der Waals surface area contributed by atoms with E-state index in [2.05, 4.69) is 37.3 Å². The second-order valence-corrected chi connectivity index (χ2v) is 5.15. The lowest BCUT2D eigenvalue weighted by Gasteiger charge is -2.26. The lowest BCUT2D eigenvalue weighted by molar-refractivity contribution is -0.115. The SMILES string of the molecule is Cc1ccc(C2=C(c3ccccc3)N(C=O)CC=C2)cc1. The van der Waals surface area contributed by atoms with Crippen molar-refractivity contribution in [2.24, 2.45) is 0 Å². The molecule has 1 heterocycles. The Balaban J connectivity index is 2.19. The van der Waals surface area contributed by atoms with Crippen molar-refractivity contribution in [3.8, 4) is 0 Å². The van der Waals surface area contributed by atoms with Crippen molar-refractivity contribution in [3.05, 3.63) is 83.4 Å². The number of carbonyl (C=O) groups is 1. The molecule has 2 aromatic rings. The first-order valence-electron chi connectivity index (χ1n) is 7.05. The molecular formula is C19H17NO. The molecule has 0 spiro atoms. The van der Waals surface area contributed by atoms with Gasteiger partial charge in [-0.25, -0.2) is 0 Å². The number of hydrogen-bond acceptors (Lipinski definition) is 1. The number of rotatable bonds is 3. The number of carbonyl (C=O) groups excluding carboxylic acids is 1. The summed E-state index contributed by atoms with van der Waals surface area (Å²) in [7, 11) is 0. The van der Waals surface area contributed by atoms with Crippen molar-refractivity contribution >= 4 is 17.7 Å². The van der Waals surface area contributed by atoms with E-state index < -0.39 is 0 Å². The molecule has 0 saturated carbocycles. The summed E-state index contributed by atoms with van der Waals surface area (Å²) in [5, 5.41) is 0. The summed E-state index contributed by atoms with van der Waals surface area (Å²) in [5.74, 6) is 0. The van der Waals surface area contributed by atoms with Gasteiger partial charge in [0.15, 0.2) is 0 Å². The van der Waals surface area contributed by atoms with Crippen LogP contribution in [-0.2, 0) is 4.79 Å². The average Bonchev–Trinajstić information content (AvgIpc) is 2.55. The first kappa shape index (κ1) is 13.4. The molecular weight excluding hydrogens is 258 g/mol. The van der Waals surface area contributed by atoms with Crippen LogP contribution in [0.5, 0.6) is 0 Å². The van der Waals surface area contributed by atoms with E-state index in [0.29, 0.717) is 6.54 Å². The lowest BCUT2D eigenvalue weighted by Crippen LogP contribution is -2.23. The van der Waals surface area contributed by atoms with Crippen LogP contribution in [0.15, 0.2) is 66.7 Å². The third kappa shape index (κ3) is 2.65. The predicted molar refractivity (Wildman–Crippen MR) is 86.3 cm³/mol. The molecule has 0 unspecified atom stereocenters. The minimum atomic E-state index is 0.614. The van der Waals surface area contributed by atoms with Crippen molar-refractivity contribution in [2.45, 2.75) is 6.92 Å². The molecule has 2 nitrogen and oxygen atoms in total. The summed E-state index contributed by atoms with van der Waals surface area (Å²) in [5.41, 5.74) is 5.47. The first-order valence-corrected chi connectivity index (χ1v) is 7.05. The molecule has 0 bridgehead atoms. The van der Waals surface area contributed by atoms with E-state index in [1.165, 1.54) is 5.56 Å². The zero-order chi connectivity index (χ0) is 14.7. The largest absolute Gasteiger partial charge is 0.310 e. The van der Waals surface area contributed by atoms with Gasteiger partial charge in [0.2, 0.25) is 6.41 Å². The molecule has 0 radical (unpaired) electrons. The topological polar surface area (TPSA) is 20.3 Å². The van der Waals surface area contributed by atoms with Crippen LogP contribution < -0.4 is 0 Å². The van der Waals surface area contributed by atoms with Gasteiger partial charge in [-0.15, -0.1) is 0 Å². The third-order valence-electron chi connectivity index (χ3n) is 3.67. The van der Waals surface area contributed by atoms with Crippen molar-refractivity contribution in [2.75, 3.05) is 6.54 Å². The molecule has 3 rings (SSSR count). The fraction of sp³-hybridized carbons (Fsp3) is 0.105. The van der Waals surface area contributed by atoms with Crippen LogP contribution in [-0.4, -0.2) is 17.9 Å². The molecule has 1 amide bonds. The van der Waals surface area contributed by atoms with Gasteiger partial charge in [-0.05, 0) is 18.1 Å². The van der Waals surface area contributed by atoms with Gasteiger partial charge in [0, 0.05) is 12.1 Å². The normalized spacial score (nSPS) is 14.4. The Hall–Kier alpha value is -2.61. The summed E-state index contributed by atoms with van der Waals surface area (Å²) >= 11 is 0. The molecule has 1 aliphatic heterocycles. The number of amides is 1. The quantitative estimate of drug-likeness (QED) is 0.778. The molecule has 0 aromatic heterocycles. The number of hydrogen-bond donors (Lipinski definition) is 0. The maximum absolute atomic E-state index is 11.4. The standard InChI is InChI=1S/C19H17NO/c1-15-9-11-16(12-10-15)18-8-5-13-20(14-21)19(18)17-6-3-2-4-7-17/h2-12,14H,13H2,1H3. The highest BCUT2D eigenvalue weighted by Crippen LogP contribution is 2.32. The second-order valence-electron chi connectivity index (χ2n) is 5.15. The Kier molecular flexibility index (Phi) is 3.69. The van der Waals surface area contributed by atoms with Gasteiger partial charge >= 0.3 is 0 Å². The van der Waals surface area contributed by atoms with E-state index in [9.17, 15) is 4.79 Å². The maximum atomic E-state index is 11.4. The summed E-state index contributed by atoms with van der Waals surface area (Å²) in [4.78, 5) is 13.2. The molecule has 0 fully saturated rings. The Bertz CT molecular complexity index is 696. The number of allylic oxidation sites excluding steroid dienone is 2. The summed E-state index contributed by atoms with van der Waals surface area (Å²) in [6.07, 6.45) is 5.03. The van der Waals surface area contributed by atoms with Gasteiger partial charge in [0.1, 0.15) is 0 Å². The molecule has 2 aromatic carbocycles. The van der Waals surface area contributed by atoms with Crippen LogP contribution in [0.2, 0.25) is 0 Å². The monoisotopic (exact) mass is 275 g/mol. The fourth-order valence-electron chi connectivity index (χ4n) is 2.59. The van der Waals surface area contributed by atoms with Gasteiger partial charge in [-0.1, -0.05) is 72.3 Å². The molecule has 0 aliphatic carbocycles. The Labute approximate surface area is 125 Å². The zero-order valence-electron chi connectivity index (χ0n) is 12.0. The summed E-state index contributed by atoms with van der Waals surface area (Å²) < 4.78 is 0. The Morgan fingerprint density at radius 2 is 1.67 bits per heavy atom. The molecule has 1 aliphatic rings. The van der Waals surface area contributed by atoms with E-state index >= 15 is 0 Å². The maximum Gasteiger partial charge on any atom is 0.214 e. The van der Waals surface area contributed by atoms with Gasteiger partial charge in [-0.3, -0.25) is 4.79 Å². The van der Waals surface area contributed by atoms with Crippen molar-refractivity contribution in [1.29, 1.82) is 0 Å². The van der Waals surface area contributed by atoms with Crippen molar-refractivity contribution in [1.82, 2.24) is 4.90 Å². The summed E-state index contributed by atoms with van der Waals surface area (Å²) in [6, 6.07) is 18.5. The molecule has 21 heavy (non-hydrogen) atoms. The van der Waals surface area contributed by atoms with Gasteiger partial charge in [0.25, 0.3) is 0 Å². The van der Waals surface area contributed by atoms with Crippen molar-refractivity contribution < 1.29 is 4.79 Å². The summed E-state index contributed by atoms with van der Waals surface area (Å²) in [6.45, 7) is 2.69. The van der Waals surface area contributed by atoms with Crippen LogP contribution in [0.25, 0.3) is 11.3 Å². The fourth-order valence-corrected chi connectivity index (χ4v) is 2.59. The molecule has 2 heteroatoms. The van der Waals surface area contributed by atoms with Gasteiger partial charge < -0.3 is 4.90 Å². The smallest absolute Gasteiger partial charge is 0.214 e. The van der Waals surface area contributed by atoms with Crippen LogP contribution >= 0.6 is 0 Å². The minimum absolute atomic E-state index is 0.614. The van der Waals surface area contributed by atoms with E-state index in [4.69, 9.17) is 0 Å². The van der Waals surface area contributed by atoms with Crippen LogP contribution in [0.4, 0.5) is 0 Å². The molecule has 0 atom stereocenters. The minimum Gasteiger partial charge on any atom is -0.310 e. The highest BCUT2D eigenvalue weighted by Gasteiger charge is 2.18. The lowest BCUT2D eigenvalue weighted by atomic mass is 9.95. The number of nitrogens with zero attached hydrogens (tertiary/aromatic N) is 1. The second kappa shape index (κ2) is 5.80. The van der Waals surface area contributed by atoms with E-state index in [-0.39, 0.29) is 0 Å². The number of benzene rings is 2. The van der Waals surface area contributed by atoms with Gasteiger partial charge in [0.05, 0.1) is 5.70 Å². The van der Waals surface area contributed by atoms with Crippen molar-refractivity contribution in [3.63, 3.8) is 0 Å². The van der Waals surface area contributed by atoms with E-state index in [1.54, 1.807) is 4.90 Å². The van der Waals surface area contributed by atoms with E-state index in [1.807, 2.05) is 36.4 Å². The van der Waals surface area contributed by atoms with Gasteiger partial charge in [-0.2, -0.15) is 0 Å². The van der Waals surface area contributed by atoms with E-state index in [0.717, 1.165) is 28.8 Å². The zero-order valence-corrected chi connectivity index (χ0v) is 12.0. The first-order chi connectivity index (χ1) is 10.3. The third-order valence-corrected chi connectivity index (χ3v) is 3.67. The highest BCUT2D eigenvalue weighted by atomic mass is 16.1. The average molecular weight is 275 g/mol. The molecule has 104 valence electrons. The number of aryl methyl sites for hydroxylation is 1. The van der Waals surface area contributed by atoms with Crippen LogP contribution in [0.1, 0.15) is 16.7 Å².